The zero-order valence-electron chi connectivity index (χ0n) is 27.3. The number of nitrogens with one attached hydrogen (secondary N) is 1. The van der Waals surface area contributed by atoms with Crippen molar-refractivity contribution in [2.75, 3.05) is 29.9 Å². The summed E-state index contributed by atoms with van der Waals surface area (Å²) in [6, 6.07) is 2.72. The third kappa shape index (κ3) is 5.62. The number of fused-ring (bicyclic) bond motifs is 1. The Morgan fingerprint density at radius 2 is 1.90 bits per heavy atom. The molecule has 4 N–H and O–H groups in total. The summed E-state index contributed by atoms with van der Waals surface area (Å²) < 4.78 is 32.3. The summed E-state index contributed by atoms with van der Waals surface area (Å²) in [6.07, 6.45) is 6.41. The molecule has 0 spiro atoms. The van der Waals surface area contributed by atoms with Gasteiger partial charge in [-0.05, 0) is 18.3 Å². The highest BCUT2D eigenvalue weighted by Crippen LogP contribution is 2.58. The molecule has 0 radical (unpaired) electrons. The fourth-order valence-electron chi connectivity index (χ4n) is 6.60. The summed E-state index contributed by atoms with van der Waals surface area (Å²) >= 11 is 6.46. The lowest BCUT2D eigenvalue weighted by atomic mass is 9.46. The second-order valence-corrected chi connectivity index (χ2v) is 13.9. The molecule has 12 nitrogen and oxygen atoms in total. The minimum Gasteiger partial charge on any atom is -0.504 e. The summed E-state index contributed by atoms with van der Waals surface area (Å²) in [7, 11) is 8.40. The molecule has 6 rings (SSSR count). The van der Waals surface area contributed by atoms with Gasteiger partial charge < -0.3 is 35.1 Å². The van der Waals surface area contributed by atoms with Crippen LogP contribution < -0.4 is 21.5 Å². The third-order valence-electron chi connectivity index (χ3n) is 10.3. The lowest BCUT2D eigenvalue weighted by Crippen LogP contribution is -2.63. The van der Waals surface area contributed by atoms with Crippen molar-refractivity contribution >= 4 is 69.5 Å². The van der Waals surface area contributed by atoms with E-state index in [1.54, 1.807) is 6.07 Å². The number of halogens is 3. The van der Waals surface area contributed by atoms with Gasteiger partial charge in [0.25, 0.3) is 11.5 Å². The summed E-state index contributed by atoms with van der Waals surface area (Å²) in [5, 5.41) is 13.2. The Morgan fingerprint density at radius 1 is 1.19 bits per heavy atom. The van der Waals surface area contributed by atoms with Crippen molar-refractivity contribution in [1.29, 1.82) is 0 Å². The van der Waals surface area contributed by atoms with E-state index in [9.17, 15) is 23.9 Å². The first-order chi connectivity index (χ1) is 22.5. The molecule has 2 amide bonds. The number of carbonyl (C=O) groups is 2. The van der Waals surface area contributed by atoms with Crippen molar-refractivity contribution in [3.63, 3.8) is 0 Å². The molecule has 2 fully saturated rings. The van der Waals surface area contributed by atoms with Gasteiger partial charge >= 0.3 is 0 Å². The van der Waals surface area contributed by atoms with Gasteiger partial charge in [0.2, 0.25) is 11.7 Å². The molecule has 1 aliphatic heterocycles. The Morgan fingerprint density at radius 3 is 2.54 bits per heavy atom. The predicted molar refractivity (Wildman–Crippen MR) is 187 cm³/mol. The molecule has 3 aromatic heterocycles. The van der Waals surface area contributed by atoms with Crippen molar-refractivity contribution in [3.05, 3.63) is 63.4 Å². The van der Waals surface area contributed by atoms with Gasteiger partial charge in [0, 0.05) is 56.1 Å². The van der Waals surface area contributed by atoms with Crippen LogP contribution in [0.2, 0.25) is 10.3 Å². The van der Waals surface area contributed by atoms with Crippen molar-refractivity contribution in [3.8, 4) is 16.9 Å². The molecule has 48 heavy (non-hydrogen) atoms. The summed E-state index contributed by atoms with van der Waals surface area (Å²) in [5.74, 6) is -5.56. The third-order valence-corrected chi connectivity index (χ3v) is 10.6. The van der Waals surface area contributed by atoms with Crippen LogP contribution in [0.4, 0.5) is 20.3 Å². The number of aromatic hydroxyl groups is 1. The highest BCUT2D eigenvalue weighted by molar-refractivity contribution is 6.46. The number of amides is 2. The van der Waals surface area contributed by atoms with Crippen LogP contribution in [0.5, 0.6) is 5.75 Å². The maximum Gasteiger partial charge on any atom is 0.263 e. The number of aromatic nitrogens is 4. The van der Waals surface area contributed by atoms with Gasteiger partial charge in [-0.1, -0.05) is 29.8 Å². The topological polar surface area (TPSA) is 152 Å². The number of benzene rings is 1. The molecular formula is C30H34B3ClF2N8O4. The highest BCUT2D eigenvalue weighted by Gasteiger charge is 2.52. The molecule has 0 unspecified atom stereocenters. The van der Waals surface area contributed by atoms with Crippen LogP contribution in [0.3, 0.4) is 0 Å². The van der Waals surface area contributed by atoms with Crippen LogP contribution in [0.25, 0.3) is 22.2 Å². The number of hydrogen-bond donors (Lipinski definition) is 3. The van der Waals surface area contributed by atoms with Gasteiger partial charge in [0.1, 0.15) is 41.5 Å². The molecule has 1 saturated heterocycles. The van der Waals surface area contributed by atoms with Crippen LogP contribution in [-0.2, 0) is 18.4 Å². The molecule has 1 aromatic carbocycles. The standard InChI is InChI=1S/C30H34B3ClF2N8O4/c1-14-10-43(30(32,33)29(31)3-4-29)5-6-44(14)20-8-19(18(34)9-38-20)40-21(45)12-42-11-17(22-27(42)39-13-41(2)28(22)48)15-7-16(26(37)47)25(46)24(36)23(15)35/h7-9,11,13-14,46H,3-6,10,12,31-33H2,1-2H3,(H2,37,47)(H,38,40,45)/t14-/m0/s1. The first-order valence-electron chi connectivity index (χ1n) is 15.6. The number of pyridine rings is 1. The number of carbonyl (C=O) groups excluding carboxylic acids is 2. The number of aryl methyl sites for hydroxylation is 1. The molecular weight excluding hydrogens is 642 g/mol. The molecule has 0 bridgehead atoms. The van der Waals surface area contributed by atoms with Crippen LogP contribution in [0.15, 0.2) is 35.6 Å². The largest absolute Gasteiger partial charge is 0.504 e. The normalized spacial score (nSPS) is 17.9. The van der Waals surface area contributed by atoms with E-state index in [1.165, 1.54) is 43.2 Å². The van der Waals surface area contributed by atoms with Crippen LogP contribution in [-0.4, -0.2) is 95.5 Å². The van der Waals surface area contributed by atoms with Gasteiger partial charge in [-0.2, -0.15) is 4.39 Å². The van der Waals surface area contributed by atoms with Crippen LogP contribution in [0, 0.1) is 11.6 Å². The zero-order chi connectivity index (χ0) is 34.9. The Labute approximate surface area is 282 Å². The minimum atomic E-state index is -1.71. The Balaban J connectivity index is 1.27. The Hall–Kier alpha value is -4.37. The smallest absolute Gasteiger partial charge is 0.263 e. The first kappa shape index (κ1) is 33.5. The Bertz CT molecular complexity index is 2050. The number of nitrogens with two attached hydrogens (primary N) is 1. The van der Waals surface area contributed by atoms with Crippen molar-refractivity contribution < 1.29 is 23.5 Å². The fourth-order valence-corrected chi connectivity index (χ4v) is 6.75. The number of rotatable bonds is 8. The number of piperazine rings is 1. The Kier molecular flexibility index (Phi) is 8.35. The molecule has 18 heteroatoms. The number of anilines is 2. The van der Waals surface area contributed by atoms with Gasteiger partial charge in [0.15, 0.2) is 11.6 Å². The minimum absolute atomic E-state index is 0.00736. The maximum atomic E-state index is 15.2. The van der Waals surface area contributed by atoms with E-state index in [4.69, 9.17) is 17.3 Å². The van der Waals surface area contributed by atoms with Gasteiger partial charge in [-0.3, -0.25) is 14.4 Å². The number of hydrogen-bond acceptors (Lipinski definition) is 8. The lowest BCUT2D eigenvalue weighted by Gasteiger charge is -2.51. The molecule has 4 heterocycles. The summed E-state index contributed by atoms with van der Waals surface area (Å²) in [5.41, 5.74) is 3.64. The molecule has 2 aliphatic rings. The van der Waals surface area contributed by atoms with Crippen molar-refractivity contribution in [2.45, 2.75) is 43.0 Å². The van der Waals surface area contributed by atoms with Gasteiger partial charge in [-0.15, -0.1) is 0 Å². The van der Waals surface area contributed by atoms with E-state index in [2.05, 4.69) is 55.5 Å². The van der Waals surface area contributed by atoms with E-state index >= 15 is 4.39 Å². The number of primary amides is 1. The second kappa shape index (κ2) is 12.0. The van der Waals surface area contributed by atoms with Gasteiger partial charge in [-0.25, -0.2) is 14.4 Å². The van der Waals surface area contributed by atoms with E-state index in [0.29, 0.717) is 16.8 Å². The lowest BCUT2D eigenvalue weighted by molar-refractivity contribution is -0.116. The molecule has 248 valence electrons. The SMILES string of the molecule is BC1(C(B)(B)N2CCN(c3cc(NC(=O)Cn4cc(-c5cc(C(N)=O)c(O)c(F)c5F)c5c(=O)n(C)cnc54)c(Cl)cn3)[C@@H](C)C2)CC1. The fraction of sp³-hybridized carbons (Fsp3) is 0.367. The zero-order valence-corrected chi connectivity index (χ0v) is 28.0. The molecule has 1 aliphatic carbocycles. The molecule has 1 saturated carbocycles. The highest BCUT2D eigenvalue weighted by atomic mass is 35.5. The van der Waals surface area contributed by atoms with Crippen LogP contribution >= 0.6 is 11.6 Å². The summed E-state index contributed by atoms with van der Waals surface area (Å²) in [6.45, 7) is 4.22. The average molecular weight is 677 g/mol. The van der Waals surface area contributed by atoms with Crippen molar-refractivity contribution in [2.24, 2.45) is 12.8 Å². The van der Waals surface area contributed by atoms with Crippen LogP contribution in [0.1, 0.15) is 30.1 Å². The van der Waals surface area contributed by atoms with Gasteiger partial charge in [0.05, 0.1) is 34.2 Å². The van der Waals surface area contributed by atoms with E-state index in [-0.39, 0.29) is 33.0 Å². The second-order valence-electron chi connectivity index (χ2n) is 13.5. The number of nitrogens with zero attached hydrogens (tertiary/aromatic N) is 6. The van der Waals surface area contributed by atoms with E-state index in [1.807, 2.05) is 0 Å². The predicted octanol–water partition coefficient (Wildman–Crippen LogP) is 0.188. The summed E-state index contributed by atoms with van der Waals surface area (Å²) in [4.78, 5) is 52.0. The molecule has 4 aromatic rings. The maximum absolute atomic E-state index is 15.2. The quantitative estimate of drug-likeness (QED) is 0.224. The molecule has 1 atom stereocenters. The van der Waals surface area contributed by atoms with E-state index < -0.39 is 52.4 Å². The number of phenols is 1. The van der Waals surface area contributed by atoms with E-state index in [0.717, 1.165) is 30.3 Å². The van der Waals surface area contributed by atoms with Crippen molar-refractivity contribution in [1.82, 2.24) is 24.0 Å². The monoisotopic (exact) mass is 676 g/mol. The first-order valence-corrected chi connectivity index (χ1v) is 15.9. The average Bonchev–Trinajstić information content (AvgIpc) is 3.70.